The average molecular weight is 160 g/mol. The molecule has 0 aliphatic carbocycles. The van der Waals surface area contributed by atoms with Crippen LogP contribution in [0.15, 0.2) is 0 Å². The van der Waals surface area contributed by atoms with Crippen molar-refractivity contribution >= 4 is 9.84 Å². The molecule has 1 aliphatic rings. The lowest BCUT2D eigenvalue weighted by molar-refractivity contribution is 0.126. The Labute approximate surface area is 61.3 Å². The zero-order valence-corrected chi connectivity index (χ0v) is 6.44. The fourth-order valence-corrected chi connectivity index (χ4v) is 1.66. The molecule has 0 amide bonds. The van der Waals surface area contributed by atoms with Crippen molar-refractivity contribution in [2.75, 3.05) is 12.9 Å². The fourth-order valence-electron chi connectivity index (χ4n) is 0.718. The van der Waals surface area contributed by atoms with Crippen molar-refractivity contribution in [1.29, 1.82) is 0 Å². The first kappa shape index (κ1) is 8.01. The van der Waals surface area contributed by atoms with E-state index < -0.39 is 9.84 Å². The Hall–Kier alpha value is -0.0900. The minimum Gasteiger partial charge on any atom is -0.381 e. The van der Waals surface area contributed by atoms with Crippen molar-refractivity contribution in [1.82, 2.24) is 0 Å². The maximum Gasteiger partial charge on any atom is 0.160 e. The van der Waals surface area contributed by atoms with Crippen LogP contribution in [0, 0.1) is 12.2 Å². The van der Waals surface area contributed by atoms with E-state index in [2.05, 4.69) is 12.2 Å². The van der Waals surface area contributed by atoms with Crippen molar-refractivity contribution in [2.24, 2.45) is 0 Å². The Kier molecular flexibility index (Phi) is 2.31. The number of hydrogen-bond donors (Lipinski definition) is 0. The van der Waals surface area contributed by atoms with Gasteiger partial charge in [-0.2, -0.15) is 0 Å². The number of hydrogen-bond acceptors (Lipinski definition) is 3. The van der Waals surface area contributed by atoms with Crippen LogP contribution in [0.4, 0.5) is 0 Å². The summed E-state index contributed by atoms with van der Waals surface area (Å²) in [4.78, 5) is 0. The average Bonchev–Trinajstić information content (AvgIpc) is 1.88. The van der Waals surface area contributed by atoms with Crippen molar-refractivity contribution in [3.8, 4) is 0 Å². The lowest BCUT2D eigenvalue weighted by Gasteiger charge is -2.18. The number of ether oxygens (including phenoxy) is 1. The van der Waals surface area contributed by atoms with Gasteiger partial charge in [0.15, 0.2) is 9.84 Å². The molecule has 0 saturated carbocycles. The molecule has 0 N–H and O–H groups in total. The molecule has 4 radical (unpaired) electrons. The topological polar surface area (TPSA) is 43.4 Å². The monoisotopic (exact) mass is 160 g/mol. The maximum atomic E-state index is 10.7. The third-order valence-electron chi connectivity index (χ3n) is 1.31. The van der Waals surface area contributed by atoms with Gasteiger partial charge in [0.05, 0.1) is 11.9 Å². The van der Waals surface area contributed by atoms with Gasteiger partial charge in [0, 0.05) is 13.5 Å². The third-order valence-corrected chi connectivity index (χ3v) is 2.51. The predicted octanol–water partition coefficient (Wildman–Crippen LogP) is -0.0600. The van der Waals surface area contributed by atoms with Gasteiger partial charge in [-0.3, -0.25) is 0 Å². The third kappa shape index (κ3) is 1.95. The standard InChI is InChI=1S/C6H8O3S/c1-9-6-2-4-10(7,8)5-3-6/h6H,2,4H2,1H3. The van der Waals surface area contributed by atoms with Crippen LogP contribution in [-0.2, 0) is 14.6 Å². The van der Waals surface area contributed by atoms with E-state index in [9.17, 15) is 8.42 Å². The first-order valence-corrected chi connectivity index (χ1v) is 4.57. The molecule has 1 fully saturated rings. The van der Waals surface area contributed by atoms with E-state index in [0.29, 0.717) is 6.42 Å². The summed E-state index contributed by atoms with van der Waals surface area (Å²) in [5, 5.41) is 0. The molecule has 0 aromatic heterocycles. The highest BCUT2D eigenvalue weighted by atomic mass is 32.2. The van der Waals surface area contributed by atoms with E-state index in [0.717, 1.165) is 0 Å². The highest BCUT2D eigenvalue weighted by Crippen LogP contribution is 2.16. The summed E-state index contributed by atoms with van der Waals surface area (Å²) in [6.45, 7) is 0. The largest absolute Gasteiger partial charge is 0.381 e. The lowest BCUT2D eigenvalue weighted by Crippen LogP contribution is -2.25. The minimum atomic E-state index is -3.07. The van der Waals surface area contributed by atoms with E-state index >= 15 is 0 Å². The molecule has 1 atom stereocenters. The van der Waals surface area contributed by atoms with E-state index in [1.54, 1.807) is 0 Å². The summed E-state index contributed by atoms with van der Waals surface area (Å²) < 4.78 is 26.2. The molecule has 1 heterocycles. The van der Waals surface area contributed by atoms with Gasteiger partial charge in [-0.25, -0.2) is 8.42 Å². The van der Waals surface area contributed by atoms with E-state index in [4.69, 9.17) is 4.74 Å². The summed E-state index contributed by atoms with van der Waals surface area (Å²) in [7, 11) is -1.54. The Morgan fingerprint density at radius 3 is 2.70 bits per heavy atom. The van der Waals surface area contributed by atoms with Gasteiger partial charge >= 0.3 is 0 Å². The van der Waals surface area contributed by atoms with Crippen LogP contribution in [0.25, 0.3) is 0 Å². The van der Waals surface area contributed by atoms with Crippen molar-refractivity contribution < 1.29 is 13.2 Å². The molecular formula is C6H8O3S. The second-order valence-electron chi connectivity index (χ2n) is 2.08. The first-order chi connectivity index (χ1) is 4.64. The Bertz CT molecular complexity index is 181. The highest BCUT2D eigenvalue weighted by Gasteiger charge is 2.24. The molecule has 0 aromatic carbocycles. The van der Waals surface area contributed by atoms with Crippen LogP contribution < -0.4 is 0 Å². The molecule has 1 aliphatic heterocycles. The number of sulfone groups is 1. The molecule has 1 rings (SSSR count). The summed E-state index contributed by atoms with van der Waals surface area (Å²) in [5.41, 5.74) is 0. The molecular weight excluding hydrogens is 152 g/mol. The van der Waals surface area contributed by atoms with Crippen molar-refractivity contribution in [2.45, 2.75) is 12.5 Å². The summed E-state index contributed by atoms with van der Waals surface area (Å²) >= 11 is 0. The molecule has 56 valence electrons. The lowest BCUT2D eigenvalue weighted by atomic mass is 10.2. The molecule has 4 heteroatoms. The minimum absolute atomic E-state index is 0.124. The van der Waals surface area contributed by atoms with Crippen molar-refractivity contribution in [3.05, 3.63) is 12.2 Å². The number of rotatable bonds is 1. The highest BCUT2D eigenvalue weighted by molar-refractivity contribution is 7.93. The Balaban J connectivity index is 2.46. The normalized spacial score (nSPS) is 26.5. The molecule has 0 spiro atoms. The van der Waals surface area contributed by atoms with Crippen LogP contribution in [0.2, 0.25) is 0 Å². The molecule has 1 unspecified atom stereocenters. The van der Waals surface area contributed by atoms with Gasteiger partial charge in [0.2, 0.25) is 0 Å². The quantitative estimate of drug-likeness (QED) is 0.539. The van der Waals surface area contributed by atoms with Crippen LogP contribution in [0.3, 0.4) is 0 Å². The first-order valence-electron chi connectivity index (χ1n) is 2.92. The van der Waals surface area contributed by atoms with Crippen LogP contribution in [-0.4, -0.2) is 27.4 Å². The molecule has 3 nitrogen and oxygen atoms in total. The maximum absolute atomic E-state index is 10.7. The molecule has 0 bridgehead atoms. The van der Waals surface area contributed by atoms with Crippen LogP contribution in [0.1, 0.15) is 6.42 Å². The van der Waals surface area contributed by atoms with Gasteiger partial charge in [0.1, 0.15) is 5.75 Å². The summed E-state index contributed by atoms with van der Waals surface area (Å²) in [6, 6.07) is 0. The Morgan fingerprint density at radius 1 is 1.60 bits per heavy atom. The van der Waals surface area contributed by atoms with Crippen LogP contribution in [0.5, 0.6) is 0 Å². The fraction of sp³-hybridized carbons (Fsp3) is 0.667. The summed E-state index contributed by atoms with van der Waals surface area (Å²) in [5.74, 6) is 2.28. The molecule has 10 heavy (non-hydrogen) atoms. The SMILES string of the molecule is COC1[C][C]S(=O)(=O)CC1. The van der Waals surface area contributed by atoms with Crippen molar-refractivity contribution in [3.63, 3.8) is 0 Å². The van der Waals surface area contributed by atoms with Gasteiger partial charge < -0.3 is 4.74 Å². The van der Waals surface area contributed by atoms with E-state index in [1.807, 2.05) is 0 Å². The van der Waals surface area contributed by atoms with Gasteiger partial charge in [-0.1, -0.05) is 0 Å². The molecule has 1 saturated heterocycles. The van der Waals surface area contributed by atoms with E-state index in [-0.39, 0.29) is 11.9 Å². The van der Waals surface area contributed by atoms with Crippen LogP contribution >= 0.6 is 0 Å². The zero-order valence-electron chi connectivity index (χ0n) is 5.62. The second-order valence-corrected chi connectivity index (χ2v) is 3.92. The van der Waals surface area contributed by atoms with Gasteiger partial charge in [-0.05, 0) is 6.42 Å². The summed E-state index contributed by atoms with van der Waals surface area (Å²) in [6.07, 6.45) is 2.80. The van der Waals surface area contributed by atoms with Gasteiger partial charge in [-0.15, -0.1) is 0 Å². The number of methoxy groups -OCH3 is 1. The second kappa shape index (κ2) is 2.88. The molecule has 0 aromatic rings. The predicted molar refractivity (Wildman–Crippen MR) is 35.7 cm³/mol. The van der Waals surface area contributed by atoms with E-state index in [1.165, 1.54) is 7.11 Å². The van der Waals surface area contributed by atoms with Gasteiger partial charge in [0.25, 0.3) is 0 Å². The Morgan fingerprint density at radius 2 is 2.30 bits per heavy atom. The zero-order chi connectivity index (χ0) is 7.61. The smallest absolute Gasteiger partial charge is 0.160 e.